The average Bonchev–Trinajstić information content (AvgIpc) is 2.87. The summed E-state index contributed by atoms with van der Waals surface area (Å²) in [4.78, 5) is 11.7. The topological polar surface area (TPSA) is 67.2 Å². The number of primary amides is 1. The van der Waals surface area contributed by atoms with Crippen LogP contribution in [-0.2, 0) is 24.2 Å². The summed E-state index contributed by atoms with van der Waals surface area (Å²) in [5.74, 6) is -0.347. The number of carbonyl (C=O) groups excluding carboxylic acids is 1. The minimum absolute atomic E-state index is 0.179. The highest BCUT2D eigenvalue weighted by Crippen LogP contribution is 2.31. The molecule has 4 nitrogen and oxygen atoms in total. The quantitative estimate of drug-likeness (QED) is 0.707. The minimum Gasteiger partial charge on any atom is -0.380 e. The summed E-state index contributed by atoms with van der Waals surface area (Å²) in [5, 5.41) is 7.73. The molecule has 1 unspecified atom stereocenters. The summed E-state index contributed by atoms with van der Waals surface area (Å²) < 4.78 is 0. The zero-order valence-electron chi connectivity index (χ0n) is 16.0. The van der Waals surface area contributed by atoms with E-state index in [1.165, 1.54) is 11.1 Å². The van der Waals surface area contributed by atoms with E-state index in [2.05, 4.69) is 28.8 Å². The first-order chi connectivity index (χ1) is 13.0. The average molecular weight is 386 g/mol. The number of nitrogens with two attached hydrogens (primary N) is 1. The molecule has 0 aromatic heterocycles. The SMILES string of the molecule is CC(C)C(C(N)=O)c1ccc(CNc2c(Cl)ccc3c2CCNCC3)cc1. The van der Waals surface area contributed by atoms with Gasteiger partial charge < -0.3 is 16.4 Å². The van der Waals surface area contributed by atoms with E-state index in [0.717, 1.165) is 47.8 Å². The molecule has 4 N–H and O–H groups in total. The molecule has 0 aliphatic carbocycles. The summed E-state index contributed by atoms with van der Waals surface area (Å²) in [5.41, 5.74) is 11.4. The Morgan fingerprint density at radius 2 is 1.85 bits per heavy atom. The summed E-state index contributed by atoms with van der Waals surface area (Å²) >= 11 is 6.48. The number of rotatable bonds is 6. The van der Waals surface area contributed by atoms with E-state index in [0.29, 0.717) is 6.54 Å². The van der Waals surface area contributed by atoms with E-state index < -0.39 is 0 Å². The molecule has 0 bridgehead atoms. The molecule has 1 aliphatic rings. The standard InChI is InChI=1S/C22H28ClN3O/c1-14(2)20(22(24)27)17-5-3-15(4-6-17)13-26-21-18-10-12-25-11-9-16(18)7-8-19(21)23/h3-8,14,20,25-26H,9-13H2,1-2H3,(H2,24,27). The smallest absolute Gasteiger partial charge is 0.225 e. The van der Waals surface area contributed by atoms with Gasteiger partial charge in [-0.25, -0.2) is 0 Å². The van der Waals surface area contributed by atoms with Crippen LogP contribution in [0.2, 0.25) is 5.02 Å². The van der Waals surface area contributed by atoms with Gasteiger partial charge in [-0.05, 0) is 60.2 Å². The Balaban J connectivity index is 1.75. The van der Waals surface area contributed by atoms with Gasteiger partial charge in [-0.2, -0.15) is 0 Å². The van der Waals surface area contributed by atoms with Crippen LogP contribution in [-0.4, -0.2) is 19.0 Å². The van der Waals surface area contributed by atoms with Crippen molar-refractivity contribution < 1.29 is 4.79 Å². The molecule has 1 atom stereocenters. The van der Waals surface area contributed by atoms with Gasteiger partial charge in [0.2, 0.25) is 5.91 Å². The highest BCUT2D eigenvalue weighted by molar-refractivity contribution is 6.33. The van der Waals surface area contributed by atoms with Gasteiger partial charge in [0.15, 0.2) is 0 Å². The van der Waals surface area contributed by atoms with Crippen molar-refractivity contribution in [3.63, 3.8) is 0 Å². The molecule has 3 rings (SSSR count). The van der Waals surface area contributed by atoms with Gasteiger partial charge in [-0.3, -0.25) is 4.79 Å². The van der Waals surface area contributed by atoms with Crippen LogP contribution in [0.4, 0.5) is 5.69 Å². The first kappa shape index (κ1) is 19.7. The second-order valence-corrected chi connectivity index (χ2v) is 7.94. The van der Waals surface area contributed by atoms with Crippen LogP contribution >= 0.6 is 11.6 Å². The lowest BCUT2D eigenvalue weighted by Crippen LogP contribution is -2.25. The lowest BCUT2D eigenvalue weighted by atomic mass is 9.87. The van der Waals surface area contributed by atoms with Gasteiger partial charge >= 0.3 is 0 Å². The fraction of sp³-hybridized carbons (Fsp3) is 0.409. The van der Waals surface area contributed by atoms with E-state index >= 15 is 0 Å². The van der Waals surface area contributed by atoms with Gasteiger partial charge in [0, 0.05) is 6.54 Å². The monoisotopic (exact) mass is 385 g/mol. The number of amides is 1. The molecular formula is C22H28ClN3O. The molecule has 0 spiro atoms. The Morgan fingerprint density at radius 3 is 2.52 bits per heavy atom. The zero-order chi connectivity index (χ0) is 19.4. The van der Waals surface area contributed by atoms with Crippen LogP contribution in [0, 0.1) is 5.92 Å². The number of carbonyl (C=O) groups is 1. The predicted octanol–water partition coefficient (Wildman–Crippen LogP) is 3.87. The molecule has 27 heavy (non-hydrogen) atoms. The fourth-order valence-electron chi connectivity index (χ4n) is 3.85. The van der Waals surface area contributed by atoms with Crippen LogP contribution in [0.3, 0.4) is 0 Å². The number of halogens is 1. The Morgan fingerprint density at radius 1 is 1.15 bits per heavy atom. The van der Waals surface area contributed by atoms with E-state index in [1.54, 1.807) is 0 Å². The number of nitrogens with one attached hydrogen (secondary N) is 2. The van der Waals surface area contributed by atoms with Gasteiger partial charge in [0.05, 0.1) is 16.6 Å². The van der Waals surface area contributed by atoms with Crippen LogP contribution < -0.4 is 16.4 Å². The van der Waals surface area contributed by atoms with E-state index in [-0.39, 0.29) is 17.7 Å². The fourth-order valence-corrected chi connectivity index (χ4v) is 4.09. The number of fused-ring (bicyclic) bond motifs is 1. The normalized spacial score (nSPS) is 15.1. The molecular weight excluding hydrogens is 358 g/mol. The Labute approximate surface area is 166 Å². The first-order valence-electron chi connectivity index (χ1n) is 9.60. The molecule has 2 aromatic rings. The third-order valence-electron chi connectivity index (χ3n) is 5.26. The summed E-state index contributed by atoms with van der Waals surface area (Å²) in [6.07, 6.45) is 2.01. The Bertz CT molecular complexity index is 802. The van der Waals surface area contributed by atoms with Crippen molar-refractivity contribution in [2.24, 2.45) is 11.7 Å². The van der Waals surface area contributed by atoms with E-state index in [4.69, 9.17) is 17.3 Å². The number of hydrogen-bond donors (Lipinski definition) is 3. The van der Waals surface area contributed by atoms with Crippen molar-refractivity contribution in [2.45, 2.75) is 39.2 Å². The van der Waals surface area contributed by atoms with Gasteiger partial charge in [-0.15, -0.1) is 0 Å². The minimum atomic E-state index is -0.275. The third-order valence-corrected chi connectivity index (χ3v) is 5.58. The first-order valence-corrected chi connectivity index (χ1v) is 9.98. The van der Waals surface area contributed by atoms with Gasteiger partial charge in [-0.1, -0.05) is 55.8 Å². The number of benzene rings is 2. The van der Waals surface area contributed by atoms with Gasteiger partial charge in [0.1, 0.15) is 0 Å². The second kappa shape index (κ2) is 8.77. The molecule has 1 aliphatic heterocycles. The summed E-state index contributed by atoms with van der Waals surface area (Å²) in [6.45, 7) is 6.70. The lowest BCUT2D eigenvalue weighted by molar-refractivity contribution is -0.120. The number of anilines is 1. The van der Waals surface area contributed by atoms with Crippen LogP contribution in [0.5, 0.6) is 0 Å². The van der Waals surface area contributed by atoms with Crippen molar-refractivity contribution in [3.8, 4) is 0 Å². The highest BCUT2D eigenvalue weighted by atomic mass is 35.5. The Hall–Kier alpha value is -2.04. The highest BCUT2D eigenvalue weighted by Gasteiger charge is 2.21. The molecule has 5 heteroatoms. The van der Waals surface area contributed by atoms with Crippen LogP contribution in [0.1, 0.15) is 42.0 Å². The molecule has 0 saturated carbocycles. The van der Waals surface area contributed by atoms with Crippen LogP contribution in [0.15, 0.2) is 36.4 Å². The molecule has 144 valence electrons. The van der Waals surface area contributed by atoms with Gasteiger partial charge in [0.25, 0.3) is 0 Å². The molecule has 0 radical (unpaired) electrons. The molecule has 2 aromatic carbocycles. The summed E-state index contributed by atoms with van der Waals surface area (Å²) in [7, 11) is 0. The maximum absolute atomic E-state index is 11.7. The predicted molar refractivity (Wildman–Crippen MR) is 112 cm³/mol. The molecule has 1 amide bonds. The summed E-state index contributed by atoms with van der Waals surface area (Å²) in [6, 6.07) is 12.2. The number of hydrogen-bond acceptors (Lipinski definition) is 3. The van der Waals surface area contributed by atoms with E-state index in [9.17, 15) is 4.79 Å². The molecule has 0 fully saturated rings. The van der Waals surface area contributed by atoms with Crippen molar-refractivity contribution in [1.82, 2.24) is 5.32 Å². The largest absolute Gasteiger partial charge is 0.380 e. The third kappa shape index (κ3) is 4.63. The second-order valence-electron chi connectivity index (χ2n) is 7.53. The maximum atomic E-state index is 11.7. The van der Waals surface area contributed by atoms with E-state index in [1.807, 2.05) is 32.0 Å². The van der Waals surface area contributed by atoms with Crippen molar-refractivity contribution >= 4 is 23.2 Å². The molecule has 1 heterocycles. The lowest BCUT2D eigenvalue weighted by Gasteiger charge is -2.19. The Kier molecular flexibility index (Phi) is 6.40. The van der Waals surface area contributed by atoms with Crippen molar-refractivity contribution in [1.29, 1.82) is 0 Å². The van der Waals surface area contributed by atoms with Crippen LogP contribution in [0.25, 0.3) is 0 Å². The van der Waals surface area contributed by atoms with Crippen molar-refractivity contribution in [3.05, 3.63) is 63.7 Å². The maximum Gasteiger partial charge on any atom is 0.225 e. The van der Waals surface area contributed by atoms with Crippen molar-refractivity contribution in [2.75, 3.05) is 18.4 Å². The molecule has 0 saturated heterocycles. The zero-order valence-corrected chi connectivity index (χ0v) is 16.8.